The Bertz CT molecular complexity index is 631. The number of sulfonamides is 1. The molecule has 1 aromatic rings. The van der Waals surface area contributed by atoms with Gasteiger partial charge in [0.15, 0.2) is 0 Å². The highest BCUT2D eigenvalue weighted by Gasteiger charge is 2.22. The lowest BCUT2D eigenvalue weighted by Crippen LogP contribution is -2.37. The third kappa shape index (κ3) is 3.58. The number of benzene rings is 1. The van der Waals surface area contributed by atoms with Crippen LogP contribution < -0.4 is 21.5 Å². The van der Waals surface area contributed by atoms with E-state index in [0.29, 0.717) is 0 Å². The average molecular weight is 304 g/mol. The van der Waals surface area contributed by atoms with Gasteiger partial charge in [-0.05, 0) is 31.0 Å². The molecule has 0 bridgehead atoms. The highest BCUT2D eigenvalue weighted by atomic mass is 32.2. The quantitative estimate of drug-likeness (QED) is 0.450. The molecule has 0 radical (unpaired) electrons. The molecule has 0 spiro atoms. The van der Waals surface area contributed by atoms with E-state index < -0.39 is 21.9 Å². The third-order valence-corrected chi connectivity index (χ3v) is 4.44. The topological polar surface area (TPSA) is 127 Å². The van der Waals surface area contributed by atoms with Gasteiger partial charge in [0.05, 0.1) is 10.6 Å². The maximum Gasteiger partial charge on any atom is 0.312 e. The molecule has 9 heteroatoms. The number of nitrogens with one attached hydrogen (secondary N) is 2. The maximum absolute atomic E-state index is 13.4. The molecule has 20 heavy (non-hydrogen) atoms. The summed E-state index contributed by atoms with van der Waals surface area (Å²) in [6, 6.07) is 0.320. The van der Waals surface area contributed by atoms with Crippen LogP contribution in [0.2, 0.25) is 0 Å². The highest BCUT2D eigenvalue weighted by molar-refractivity contribution is 7.89. The van der Waals surface area contributed by atoms with Gasteiger partial charge in [0.2, 0.25) is 10.0 Å². The Labute approximate surface area is 116 Å². The van der Waals surface area contributed by atoms with Crippen molar-refractivity contribution in [1.82, 2.24) is 10.0 Å². The standard InChI is InChI=1S/C11H17FN4O3S/c1-6-5-8(12)9(13)7(2)10(6)20(18,19)16-4-3-15-11(14)17/h5,16H,3-4,13H2,1-2H3,(H3,14,15,17). The van der Waals surface area contributed by atoms with Crippen molar-refractivity contribution in [2.75, 3.05) is 18.8 Å². The number of primary amides is 1. The molecule has 0 aliphatic rings. The van der Waals surface area contributed by atoms with E-state index in [9.17, 15) is 17.6 Å². The molecular weight excluding hydrogens is 287 g/mol. The molecule has 6 N–H and O–H groups in total. The minimum Gasteiger partial charge on any atom is -0.396 e. The Kier molecular flexibility index (Phi) is 4.90. The lowest BCUT2D eigenvalue weighted by molar-refractivity contribution is 0.249. The SMILES string of the molecule is Cc1cc(F)c(N)c(C)c1S(=O)(=O)NCCNC(N)=O. The molecule has 0 unspecified atom stereocenters. The van der Waals surface area contributed by atoms with Gasteiger partial charge in [-0.15, -0.1) is 0 Å². The van der Waals surface area contributed by atoms with Crippen molar-refractivity contribution >= 4 is 21.7 Å². The number of hydrogen-bond donors (Lipinski definition) is 4. The number of nitrogen functional groups attached to an aromatic ring is 1. The van der Waals surface area contributed by atoms with Crippen LogP contribution in [-0.4, -0.2) is 27.5 Å². The van der Waals surface area contributed by atoms with Gasteiger partial charge in [0.1, 0.15) is 5.82 Å². The fourth-order valence-corrected chi connectivity index (χ4v) is 3.30. The maximum atomic E-state index is 13.4. The minimum absolute atomic E-state index is 0.0402. The molecule has 112 valence electrons. The minimum atomic E-state index is -3.85. The predicted molar refractivity (Wildman–Crippen MR) is 73.1 cm³/mol. The normalized spacial score (nSPS) is 11.3. The summed E-state index contributed by atoms with van der Waals surface area (Å²) >= 11 is 0. The van der Waals surface area contributed by atoms with E-state index in [0.717, 1.165) is 6.07 Å². The zero-order valence-corrected chi connectivity index (χ0v) is 12.0. The van der Waals surface area contributed by atoms with E-state index in [1.54, 1.807) is 0 Å². The van der Waals surface area contributed by atoms with Crippen LogP contribution in [-0.2, 0) is 10.0 Å². The second-order valence-corrected chi connectivity index (χ2v) is 5.94. The Morgan fingerprint density at radius 3 is 2.50 bits per heavy atom. The molecule has 2 amide bonds. The third-order valence-electron chi connectivity index (χ3n) is 2.69. The van der Waals surface area contributed by atoms with Crippen molar-refractivity contribution in [3.8, 4) is 0 Å². The summed E-state index contributed by atoms with van der Waals surface area (Å²) < 4.78 is 40.0. The second-order valence-electron chi connectivity index (χ2n) is 4.23. The van der Waals surface area contributed by atoms with E-state index in [4.69, 9.17) is 11.5 Å². The summed E-state index contributed by atoms with van der Waals surface area (Å²) in [6.45, 7) is 2.91. The Hall–Kier alpha value is -1.87. The molecular formula is C11H17FN4O3S. The number of urea groups is 1. The summed E-state index contributed by atoms with van der Waals surface area (Å²) in [7, 11) is -3.85. The van der Waals surface area contributed by atoms with Gasteiger partial charge in [0.25, 0.3) is 0 Å². The zero-order valence-electron chi connectivity index (χ0n) is 11.2. The van der Waals surface area contributed by atoms with Crippen molar-refractivity contribution in [3.05, 3.63) is 23.0 Å². The molecule has 1 rings (SSSR count). The van der Waals surface area contributed by atoms with Gasteiger partial charge in [0, 0.05) is 13.1 Å². The lowest BCUT2D eigenvalue weighted by atomic mass is 10.1. The van der Waals surface area contributed by atoms with Gasteiger partial charge in [-0.3, -0.25) is 0 Å². The predicted octanol–water partition coefficient (Wildman–Crippen LogP) is -0.0287. The average Bonchev–Trinajstić information content (AvgIpc) is 2.31. The molecule has 0 heterocycles. The van der Waals surface area contributed by atoms with E-state index >= 15 is 0 Å². The molecule has 0 fully saturated rings. The summed E-state index contributed by atoms with van der Waals surface area (Å²) in [5, 5.41) is 2.25. The Morgan fingerprint density at radius 2 is 1.95 bits per heavy atom. The number of nitrogens with two attached hydrogens (primary N) is 2. The fraction of sp³-hybridized carbons (Fsp3) is 0.364. The largest absolute Gasteiger partial charge is 0.396 e. The monoisotopic (exact) mass is 304 g/mol. The molecule has 0 saturated heterocycles. The highest BCUT2D eigenvalue weighted by Crippen LogP contribution is 2.27. The van der Waals surface area contributed by atoms with Gasteiger partial charge < -0.3 is 16.8 Å². The summed E-state index contributed by atoms with van der Waals surface area (Å²) in [4.78, 5) is 10.4. The van der Waals surface area contributed by atoms with Crippen LogP contribution in [0.5, 0.6) is 0 Å². The smallest absolute Gasteiger partial charge is 0.312 e. The van der Waals surface area contributed by atoms with Crippen molar-refractivity contribution in [3.63, 3.8) is 0 Å². The first kappa shape index (κ1) is 16.2. The van der Waals surface area contributed by atoms with Gasteiger partial charge in [-0.25, -0.2) is 22.3 Å². The van der Waals surface area contributed by atoms with Crippen LogP contribution >= 0.6 is 0 Å². The van der Waals surface area contributed by atoms with Crippen molar-refractivity contribution in [2.45, 2.75) is 18.7 Å². The zero-order chi connectivity index (χ0) is 15.5. The molecule has 0 aliphatic carbocycles. The van der Waals surface area contributed by atoms with Crippen LogP contribution in [0.15, 0.2) is 11.0 Å². The van der Waals surface area contributed by atoms with Crippen LogP contribution in [0, 0.1) is 19.7 Å². The first-order chi connectivity index (χ1) is 9.16. The van der Waals surface area contributed by atoms with Gasteiger partial charge in [-0.1, -0.05) is 0 Å². The van der Waals surface area contributed by atoms with Crippen LogP contribution in [0.1, 0.15) is 11.1 Å². The Balaban J connectivity index is 2.99. The number of anilines is 1. The summed E-state index contributed by atoms with van der Waals surface area (Å²) in [6.07, 6.45) is 0. The number of halogens is 1. The summed E-state index contributed by atoms with van der Waals surface area (Å²) in [5.41, 5.74) is 10.6. The van der Waals surface area contributed by atoms with Gasteiger partial charge >= 0.3 is 6.03 Å². The van der Waals surface area contributed by atoms with Crippen LogP contribution in [0.3, 0.4) is 0 Å². The molecule has 0 atom stereocenters. The number of hydrogen-bond acceptors (Lipinski definition) is 4. The number of aryl methyl sites for hydroxylation is 1. The number of carbonyl (C=O) groups excluding carboxylic acids is 1. The number of carbonyl (C=O) groups is 1. The van der Waals surface area contributed by atoms with E-state index in [1.165, 1.54) is 13.8 Å². The van der Waals surface area contributed by atoms with Crippen LogP contribution in [0.25, 0.3) is 0 Å². The summed E-state index contributed by atoms with van der Waals surface area (Å²) in [5.74, 6) is -0.658. The number of rotatable bonds is 5. The van der Waals surface area contributed by atoms with E-state index in [1.807, 2.05) is 0 Å². The van der Waals surface area contributed by atoms with E-state index in [2.05, 4.69) is 10.0 Å². The van der Waals surface area contributed by atoms with E-state index in [-0.39, 0.29) is 34.8 Å². The van der Waals surface area contributed by atoms with Gasteiger partial charge in [-0.2, -0.15) is 0 Å². The van der Waals surface area contributed by atoms with Crippen molar-refractivity contribution in [1.29, 1.82) is 0 Å². The first-order valence-corrected chi connectivity index (χ1v) is 7.23. The van der Waals surface area contributed by atoms with Crippen molar-refractivity contribution < 1.29 is 17.6 Å². The Morgan fingerprint density at radius 1 is 1.35 bits per heavy atom. The van der Waals surface area contributed by atoms with Crippen LogP contribution in [0.4, 0.5) is 14.9 Å². The molecule has 7 nitrogen and oxygen atoms in total. The molecule has 0 aromatic heterocycles. The molecule has 1 aromatic carbocycles. The number of amides is 2. The second kappa shape index (κ2) is 6.06. The molecule has 0 saturated carbocycles. The lowest BCUT2D eigenvalue weighted by Gasteiger charge is -2.14. The van der Waals surface area contributed by atoms with Crippen molar-refractivity contribution in [2.24, 2.45) is 5.73 Å². The molecule has 0 aliphatic heterocycles. The first-order valence-electron chi connectivity index (χ1n) is 5.75. The fourth-order valence-electron chi connectivity index (χ4n) is 1.79.